The molecule has 0 atom stereocenters. The van der Waals surface area contributed by atoms with Gasteiger partial charge in [0, 0.05) is 0 Å². The van der Waals surface area contributed by atoms with E-state index >= 15 is 0 Å². The molecule has 0 radical (unpaired) electrons. The molecule has 12 heavy (non-hydrogen) atoms. The first-order valence-corrected chi connectivity index (χ1v) is 4.99. The molecule has 0 aliphatic heterocycles. The van der Waals surface area contributed by atoms with Gasteiger partial charge < -0.3 is 28.7 Å². The molecule has 0 aromatic carbocycles. The van der Waals surface area contributed by atoms with Crippen LogP contribution in [0.5, 0.6) is 0 Å². The van der Waals surface area contributed by atoms with Crippen LogP contribution in [0.3, 0.4) is 0 Å². The molecule has 60 valence electrons. The van der Waals surface area contributed by atoms with Crippen LogP contribution in [0.15, 0.2) is 4.21 Å². The van der Waals surface area contributed by atoms with E-state index < -0.39 is 5.97 Å². The first-order valence-electron chi connectivity index (χ1n) is 2.54. The second-order valence-corrected chi connectivity index (χ2v) is 5.45. The van der Waals surface area contributed by atoms with Crippen molar-refractivity contribution in [1.29, 1.82) is 0 Å². The number of ether oxygens (including phenoxy) is 1. The summed E-state index contributed by atoms with van der Waals surface area (Å²) in [5.74, 6) is -0.396. The van der Waals surface area contributed by atoms with Crippen molar-refractivity contribution in [2.75, 3.05) is 7.11 Å². The van der Waals surface area contributed by atoms with Crippen LogP contribution in [0.1, 0.15) is 9.67 Å². The topological polar surface area (TPSA) is 26.3 Å². The van der Waals surface area contributed by atoms with Gasteiger partial charge in [-0.3, -0.25) is 0 Å². The molecule has 0 fully saturated rings. The number of rotatable bonds is 1. The minimum Gasteiger partial charge on any atom is -0.465 e. The van der Waals surface area contributed by atoms with E-state index in [1.807, 2.05) is 0 Å². The Bertz CT molecular complexity index is 328. The second kappa shape index (κ2) is 6.49. The monoisotopic (exact) mass is 356 g/mol. The van der Waals surface area contributed by atoms with E-state index in [4.69, 9.17) is 24.8 Å². The van der Waals surface area contributed by atoms with Gasteiger partial charge in [-0.1, -0.05) is 16.4 Å². The molecule has 2 nitrogen and oxygen atoms in total. The van der Waals surface area contributed by atoms with E-state index in [0.29, 0.717) is 12.2 Å². The van der Waals surface area contributed by atoms with Crippen LogP contribution in [0.4, 0.5) is 0 Å². The number of hydrogen-bond donors (Lipinski definition) is 0. The zero-order valence-electron chi connectivity index (χ0n) is 6.45. The van der Waals surface area contributed by atoms with Crippen LogP contribution in [-0.2, 0) is 17.4 Å². The van der Waals surface area contributed by atoms with Gasteiger partial charge in [0.1, 0.15) is 4.88 Å². The van der Waals surface area contributed by atoms with Gasteiger partial charge in [-0.05, 0) is 0 Å². The molecule has 1 rings (SSSR count). The summed E-state index contributed by atoms with van der Waals surface area (Å²) in [6, 6.07) is 0. The van der Waals surface area contributed by atoms with Gasteiger partial charge in [-0.25, -0.2) is 4.79 Å². The van der Waals surface area contributed by atoms with E-state index in [2.05, 4.69) is 4.74 Å². The van der Waals surface area contributed by atoms with Crippen LogP contribution in [0.25, 0.3) is 0 Å². The van der Waals surface area contributed by atoms with Gasteiger partial charge in [0.2, 0.25) is 0 Å². The summed E-state index contributed by atoms with van der Waals surface area (Å²) in [4.78, 5) is 11.4. The summed E-state index contributed by atoms with van der Waals surface area (Å²) in [5, 5.41) is 0. The van der Waals surface area contributed by atoms with Gasteiger partial charge in [-0.2, -0.15) is 0 Å². The Hall–Kier alpha value is 2.01. The van der Waals surface area contributed by atoms with Crippen LogP contribution in [-0.4, -0.2) is 13.1 Å². The molecule has 0 aliphatic carbocycles. The van der Waals surface area contributed by atoms with Gasteiger partial charge in [-0.15, -0.1) is 11.3 Å². The average molecular weight is 356 g/mol. The Kier molecular flexibility index (Phi) is 7.57. The fourth-order valence-electron chi connectivity index (χ4n) is 0.486. The molecule has 7 heteroatoms. The molecule has 0 bridgehead atoms. The number of hydrogen-bond acceptors (Lipinski definition) is 6. The van der Waals surface area contributed by atoms with Crippen molar-refractivity contribution in [3.8, 4) is 0 Å². The van der Waals surface area contributed by atoms with Crippen molar-refractivity contribution < 1.29 is 78.4 Å². The Labute approximate surface area is 148 Å². The van der Waals surface area contributed by atoms with Gasteiger partial charge in [0.25, 0.3) is 0 Å². The number of carbonyl (C=O) groups is 1. The van der Waals surface area contributed by atoms with Crippen LogP contribution in [0, 0.1) is 3.14 Å². The zero-order chi connectivity index (χ0) is 8.43. The average Bonchev–Trinajstić information content (AvgIpc) is 2.28. The maximum absolute atomic E-state index is 10.9. The molecule has 1 aromatic heterocycles. The fourth-order valence-corrected chi connectivity index (χ4v) is 3.42. The normalized spacial score (nSPS) is 8.75. The van der Waals surface area contributed by atoms with Crippen molar-refractivity contribution in [3.05, 3.63) is 8.01 Å². The summed E-state index contributed by atoms with van der Waals surface area (Å²) < 4.78 is 5.68. The van der Waals surface area contributed by atoms with Crippen molar-refractivity contribution in [2.45, 2.75) is 4.21 Å². The SMILES string of the molecule is COC(=O)c1sc(=S)sc1[S-].[Cs+]. The molecule has 0 spiro atoms. The summed E-state index contributed by atoms with van der Waals surface area (Å²) in [5.41, 5.74) is 0. The third-order valence-electron chi connectivity index (χ3n) is 0.918. The number of methoxy groups -OCH3 is 1. The smallest absolute Gasteiger partial charge is 0.465 e. The first kappa shape index (κ1) is 14.0. The summed E-state index contributed by atoms with van der Waals surface area (Å²) in [7, 11) is 1.32. The Morgan fingerprint density at radius 2 is 2.17 bits per heavy atom. The van der Waals surface area contributed by atoms with Crippen molar-refractivity contribution in [2.24, 2.45) is 0 Å². The van der Waals surface area contributed by atoms with Crippen molar-refractivity contribution in [3.63, 3.8) is 0 Å². The van der Waals surface area contributed by atoms with Crippen LogP contribution in [0.2, 0.25) is 0 Å². The molecular weight excluding hydrogens is 353 g/mol. The van der Waals surface area contributed by atoms with Gasteiger partial charge in [0.15, 0.2) is 0 Å². The molecular formula is C5H3CsO2S4. The quantitative estimate of drug-likeness (QED) is 0.375. The van der Waals surface area contributed by atoms with E-state index in [9.17, 15) is 4.79 Å². The third kappa shape index (κ3) is 3.64. The first-order chi connectivity index (χ1) is 5.15. The number of carbonyl (C=O) groups excluding carboxylic acids is 1. The van der Waals surface area contributed by atoms with Gasteiger partial charge >= 0.3 is 74.9 Å². The minimum atomic E-state index is -0.396. The Morgan fingerprint density at radius 1 is 1.58 bits per heavy atom. The fraction of sp³-hybridized carbons (Fsp3) is 0.200. The van der Waals surface area contributed by atoms with E-state index in [1.165, 1.54) is 29.8 Å². The zero-order valence-corrected chi connectivity index (χ0v) is 16.0. The predicted molar refractivity (Wildman–Crippen MR) is 50.0 cm³/mol. The van der Waals surface area contributed by atoms with Crippen LogP contribution < -0.4 is 68.9 Å². The van der Waals surface area contributed by atoms with Gasteiger partial charge in [0.05, 0.1) is 10.2 Å². The molecule has 0 saturated carbocycles. The molecule has 0 aliphatic rings. The van der Waals surface area contributed by atoms with E-state index in [0.717, 1.165) is 0 Å². The predicted octanol–water partition coefficient (Wildman–Crippen LogP) is -0.765. The summed E-state index contributed by atoms with van der Waals surface area (Å²) in [6.45, 7) is 0. The maximum Gasteiger partial charge on any atom is 1.00 e. The molecule has 0 saturated heterocycles. The molecule has 0 unspecified atom stereocenters. The van der Waals surface area contributed by atoms with Crippen LogP contribution >= 0.6 is 34.9 Å². The molecule has 0 N–H and O–H groups in total. The molecule has 1 heterocycles. The third-order valence-corrected chi connectivity index (χ3v) is 3.93. The van der Waals surface area contributed by atoms with E-state index in [1.54, 1.807) is 0 Å². The Morgan fingerprint density at radius 3 is 2.50 bits per heavy atom. The minimum absolute atomic E-state index is 0. The standard InChI is InChI=1S/C5H4O2S4.Cs/c1-7-3(6)2-4(8)11-5(9)10-2;/h8H,1H3;/q;+1/p-1. The largest absolute Gasteiger partial charge is 1.00 e. The van der Waals surface area contributed by atoms with Crippen molar-refractivity contribution >= 4 is 53.5 Å². The summed E-state index contributed by atoms with van der Waals surface area (Å²) >= 11 is 12.2. The number of esters is 1. The molecule has 0 amide bonds. The maximum atomic E-state index is 10.9. The summed E-state index contributed by atoms with van der Waals surface area (Å²) in [6.07, 6.45) is 0. The Balaban J connectivity index is 0.00000121. The second-order valence-electron chi connectivity index (χ2n) is 1.56. The molecule has 1 aromatic rings. The van der Waals surface area contributed by atoms with E-state index in [-0.39, 0.29) is 68.9 Å². The van der Waals surface area contributed by atoms with Crippen molar-refractivity contribution in [1.82, 2.24) is 0 Å².